The van der Waals surface area contributed by atoms with E-state index in [1.165, 1.54) is 24.4 Å². The summed E-state index contributed by atoms with van der Waals surface area (Å²) in [4.78, 5) is 19.2. The minimum absolute atomic E-state index is 0.131. The summed E-state index contributed by atoms with van der Waals surface area (Å²) in [6.07, 6.45) is 2.90. The van der Waals surface area contributed by atoms with Crippen molar-refractivity contribution < 1.29 is 14.8 Å². The van der Waals surface area contributed by atoms with E-state index in [2.05, 4.69) is 20.5 Å². The number of hydrogen-bond donors (Lipinski definition) is 2. The summed E-state index contributed by atoms with van der Waals surface area (Å²) >= 11 is 0. The highest BCUT2D eigenvalue weighted by atomic mass is 16.6. The number of amidine groups is 1. The van der Waals surface area contributed by atoms with Crippen molar-refractivity contribution in [2.45, 2.75) is 6.92 Å². The van der Waals surface area contributed by atoms with Crippen LogP contribution in [-0.2, 0) is 0 Å². The second-order valence-electron chi connectivity index (χ2n) is 5.97. The predicted molar refractivity (Wildman–Crippen MR) is 114 cm³/mol. The Balaban J connectivity index is 1.86. The molecule has 0 radical (unpaired) electrons. The summed E-state index contributed by atoms with van der Waals surface area (Å²) in [6, 6.07) is 16.3. The van der Waals surface area contributed by atoms with Crippen molar-refractivity contribution in [1.29, 1.82) is 0 Å². The molecule has 0 aliphatic heterocycles. The normalized spacial score (nSPS) is 11.4. The number of ether oxygens (including phenoxy) is 1. The Morgan fingerprint density at radius 1 is 1.23 bits per heavy atom. The molecular formula is C21H19N5O4. The standard InChI is InChI=1S/C21H19N5O4/c1-2-30-18-9-6-16(7-10-18)24-21(19-5-3-4-12-22-19)25-23-14-15-13-17(26(28)29)8-11-20(15)27/h3-14,27H,2H2,1H3,(H,24,25). The van der Waals surface area contributed by atoms with Crippen molar-refractivity contribution >= 4 is 23.4 Å². The number of hydrogen-bond acceptors (Lipinski definition) is 7. The summed E-state index contributed by atoms with van der Waals surface area (Å²) in [5.41, 5.74) is 4.04. The Labute approximate surface area is 172 Å². The Bertz CT molecular complexity index is 1070. The summed E-state index contributed by atoms with van der Waals surface area (Å²) in [7, 11) is 0. The van der Waals surface area contributed by atoms with Crippen LogP contribution in [0.25, 0.3) is 0 Å². The molecule has 0 amide bonds. The van der Waals surface area contributed by atoms with Gasteiger partial charge in [-0.1, -0.05) is 6.07 Å². The molecule has 0 saturated carbocycles. The average molecular weight is 405 g/mol. The molecule has 0 bridgehead atoms. The fourth-order valence-corrected chi connectivity index (χ4v) is 2.48. The van der Waals surface area contributed by atoms with E-state index in [0.29, 0.717) is 23.8 Å². The molecule has 0 unspecified atom stereocenters. The number of nitro groups is 1. The zero-order valence-corrected chi connectivity index (χ0v) is 16.1. The summed E-state index contributed by atoms with van der Waals surface area (Å²) in [6.45, 7) is 2.48. The van der Waals surface area contributed by atoms with Gasteiger partial charge < -0.3 is 9.84 Å². The molecule has 30 heavy (non-hydrogen) atoms. The Kier molecular flexibility index (Phi) is 6.67. The van der Waals surface area contributed by atoms with Crippen LogP contribution < -0.4 is 10.2 Å². The van der Waals surface area contributed by atoms with Crippen molar-refractivity contribution in [1.82, 2.24) is 10.4 Å². The number of nitrogens with zero attached hydrogens (tertiary/aromatic N) is 4. The Morgan fingerprint density at radius 2 is 2.03 bits per heavy atom. The molecule has 0 fully saturated rings. The van der Waals surface area contributed by atoms with Gasteiger partial charge in [-0.15, -0.1) is 0 Å². The predicted octanol–water partition coefficient (Wildman–Crippen LogP) is 3.80. The molecule has 3 rings (SSSR count). The first-order chi connectivity index (χ1) is 14.6. The van der Waals surface area contributed by atoms with Crippen molar-refractivity contribution in [2.75, 3.05) is 6.61 Å². The number of hydrazone groups is 1. The minimum atomic E-state index is -0.545. The number of nitrogens with one attached hydrogen (secondary N) is 1. The fraction of sp³-hybridized carbons (Fsp3) is 0.0952. The van der Waals surface area contributed by atoms with Crippen LogP contribution in [0.2, 0.25) is 0 Å². The number of pyridine rings is 1. The molecule has 1 aromatic heterocycles. The maximum Gasteiger partial charge on any atom is 0.270 e. The van der Waals surface area contributed by atoms with Crippen LogP contribution >= 0.6 is 0 Å². The van der Waals surface area contributed by atoms with Crippen LogP contribution in [0.3, 0.4) is 0 Å². The molecule has 0 saturated heterocycles. The molecule has 0 spiro atoms. The highest BCUT2D eigenvalue weighted by molar-refractivity contribution is 5.99. The number of benzene rings is 2. The van der Waals surface area contributed by atoms with Gasteiger partial charge in [0.15, 0.2) is 5.84 Å². The molecule has 2 N–H and O–H groups in total. The third-order valence-corrected chi connectivity index (χ3v) is 3.89. The topological polar surface area (TPSA) is 122 Å². The lowest BCUT2D eigenvalue weighted by molar-refractivity contribution is -0.384. The van der Waals surface area contributed by atoms with Gasteiger partial charge in [-0.25, -0.2) is 4.99 Å². The molecule has 2 aromatic carbocycles. The van der Waals surface area contributed by atoms with Gasteiger partial charge in [-0.05, 0) is 49.4 Å². The molecule has 152 valence electrons. The van der Waals surface area contributed by atoms with Gasteiger partial charge in [0.2, 0.25) is 0 Å². The molecule has 1 heterocycles. The van der Waals surface area contributed by atoms with Gasteiger partial charge >= 0.3 is 0 Å². The number of aromatic nitrogens is 1. The van der Waals surface area contributed by atoms with Gasteiger partial charge in [-0.2, -0.15) is 5.10 Å². The first kappa shape index (κ1) is 20.5. The first-order valence-electron chi connectivity index (χ1n) is 9.06. The first-order valence-corrected chi connectivity index (χ1v) is 9.06. The van der Waals surface area contributed by atoms with Crippen molar-refractivity contribution in [3.05, 3.63) is 88.2 Å². The monoisotopic (exact) mass is 405 g/mol. The van der Waals surface area contributed by atoms with Crippen LogP contribution in [0.15, 0.2) is 77.0 Å². The summed E-state index contributed by atoms with van der Waals surface area (Å²) < 4.78 is 5.43. The lowest BCUT2D eigenvalue weighted by Gasteiger charge is -2.07. The number of rotatable bonds is 7. The van der Waals surface area contributed by atoms with E-state index in [0.717, 1.165) is 5.75 Å². The fourth-order valence-electron chi connectivity index (χ4n) is 2.48. The van der Waals surface area contributed by atoms with E-state index in [9.17, 15) is 15.2 Å². The van der Waals surface area contributed by atoms with Crippen molar-refractivity contribution in [2.24, 2.45) is 10.1 Å². The maximum atomic E-state index is 10.9. The third kappa shape index (κ3) is 5.38. The van der Waals surface area contributed by atoms with Gasteiger partial charge in [-0.3, -0.25) is 20.5 Å². The van der Waals surface area contributed by atoms with Crippen LogP contribution in [-0.4, -0.2) is 33.7 Å². The molecule has 0 aliphatic carbocycles. The highest BCUT2D eigenvalue weighted by Crippen LogP contribution is 2.21. The van der Waals surface area contributed by atoms with Gasteiger partial charge in [0.25, 0.3) is 5.69 Å². The zero-order valence-electron chi connectivity index (χ0n) is 16.1. The SMILES string of the molecule is CCOc1ccc(N=C(NN=Cc2cc([N+](=O)[O-])ccc2O)c2ccccn2)cc1. The second-order valence-corrected chi connectivity index (χ2v) is 5.97. The molecule has 3 aromatic rings. The lowest BCUT2D eigenvalue weighted by Crippen LogP contribution is -2.20. The largest absolute Gasteiger partial charge is 0.507 e. The number of non-ortho nitro benzene ring substituents is 1. The molecule has 0 aliphatic rings. The number of nitro benzene ring substituents is 1. The van der Waals surface area contributed by atoms with Gasteiger partial charge in [0.05, 0.1) is 23.4 Å². The van der Waals surface area contributed by atoms with Crippen LogP contribution in [0, 0.1) is 10.1 Å². The quantitative estimate of drug-likeness (QED) is 0.267. The number of aliphatic imine (C=N–C) groups is 1. The van der Waals surface area contributed by atoms with Crippen LogP contribution in [0.4, 0.5) is 11.4 Å². The van der Waals surface area contributed by atoms with Crippen molar-refractivity contribution in [3.8, 4) is 11.5 Å². The number of aromatic hydroxyl groups is 1. The lowest BCUT2D eigenvalue weighted by atomic mass is 10.2. The summed E-state index contributed by atoms with van der Waals surface area (Å²) in [5.74, 6) is 0.970. The van der Waals surface area contributed by atoms with E-state index in [1.54, 1.807) is 30.5 Å². The molecule has 9 nitrogen and oxygen atoms in total. The Hall–Kier alpha value is -4.27. The maximum absolute atomic E-state index is 10.9. The van der Waals surface area contributed by atoms with E-state index in [4.69, 9.17) is 4.74 Å². The van der Waals surface area contributed by atoms with Crippen LogP contribution in [0.5, 0.6) is 11.5 Å². The van der Waals surface area contributed by atoms with E-state index in [1.807, 2.05) is 25.1 Å². The smallest absolute Gasteiger partial charge is 0.270 e. The van der Waals surface area contributed by atoms with E-state index < -0.39 is 4.92 Å². The number of phenolic OH excluding ortho intramolecular Hbond substituents is 1. The Morgan fingerprint density at radius 3 is 2.70 bits per heavy atom. The second kappa shape index (κ2) is 9.78. The minimum Gasteiger partial charge on any atom is -0.507 e. The number of phenols is 1. The molecular weight excluding hydrogens is 386 g/mol. The molecule has 0 atom stereocenters. The van der Waals surface area contributed by atoms with Crippen LogP contribution in [0.1, 0.15) is 18.2 Å². The average Bonchev–Trinajstić information content (AvgIpc) is 2.76. The zero-order chi connectivity index (χ0) is 21.3. The van der Waals surface area contributed by atoms with Gasteiger partial charge in [0, 0.05) is 23.9 Å². The van der Waals surface area contributed by atoms with Gasteiger partial charge in [0.1, 0.15) is 17.2 Å². The molecule has 9 heteroatoms. The highest BCUT2D eigenvalue weighted by Gasteiger charge is 2.09. The van der Waals surface area contributed by atoms with Crippen molar-refractivity contribution in [3.63, 3.8) is 0 Å². The third-order valence-electron chi connectivity index (χ3n) is 3.89. The summed E-state index contributed by atoms with van der Waals surface area (Å²) in [5, 5.41) is 24.9. The van der Waals surface area contributed by atoms with E-state index in [-0.39, 0.29) is 17.0 Å². The van der Waals surface area contributed by atoms with E-state index >= 15 is 0 Å².